The number of nitrogens with zero attached hydrogens (tertiary/aromatic N) is 4. The van der Waals surface area contributed by atoms with Gasteiger partial charge in [-0.2, -0.15) is 0 Å². The van der Waals surface area contributed by atoms with Crippen molar-refractivity contribution in [1.29, 1.82) is 0 Å². The van der Waals surface area contributed by atoms with Gasteiger partial charge in [0.2, 0.25) is 0 Å². The molecule has 0 N–H and O–H groups in total. The summed E-state index contributed by atoms with van der Waals surface area (Å²) >= 11 is 0. The molecule has 4 heteroatoms. The highest BCUT2D eigenvalue weighted by atomic mass is 15.0. The maximum Gasteiger partial charge on any atom is 0.0721 e. The average molecular weight is 505 g/mol. The zero-order valence-electron chi connectivity index (χ0n) is 21.7. The van der Waals surface area contributed by atoms with E-state index in [1.165, 1.54) is 66.8 Å². The first-order valence-corrected chi connectivity index (χ1v) is 13.8. The van der Waals surface area contributed by atoms with E-state index in [1.54, 1.807) is 0 Å². The van der Waals surface area contributed by atoms with Gasteiger partial charge in [0.05, 0.1) is 23.4 Å². The van der Waals surface area contributed by atoms with E-state index in [0.717, 1.165) is 32.1 Å². The van der Waals surface area contributed by atoms with Crippen LogP contribution in [0.4, 0.5) is 0 Å². The van der Waals surface area contributed by atoms with E-state index in [-0.39, 0.29) is 0 Å². The van der Waals surface area contributed by atoms with Crippen LogP contribution in [0.3, 0.4) is 0 Å². The Labute approximate surface area is 227 Å². The number of hydrogen-bond donors (Lipinski definition) is 0. The minimum absolute atomic E-state index is 0.901. The fraction of sp³-hybridized carbons (Fsp3) is 0.143. The normalized spacial score (nSPS) is 14.2. The lowest BCUT2D eigenvalue weighted by Gasteiger charge is -2.13. The van der Waals surface area contributed by atoms with Gasteiger partial charge in [-0.05, 0) is 103 Å². The number of rotatable bonds is 4. The molecule has 6 aromatic rings. The fourth-order valence-corrected chi connectivity index (χ4v) is 6.48. The Bertz CT molecular complexity index is 1770. The van der Waals surface area contributed by atoms with Crippen LogP contribution in [-0.4, -0.2) is 19.1 Å². The second-order valence-corrected chi connectivity index (χ2v) is 10.6. The van der Waals surface area contributed by atoms with Crippen molar-refractivity contribution in [2.75, 3.05) is 0 Å². The second-order valence-electron chi connectivity index (χ2n) is 10.6. The monoisotopic (exact) mass is 504 g/mol. The third kappa shape index (κ3) is 3.59. The summed E-state index contributed by atoms with van der Waals surface area (Å²) < 4.78 is 4.72. The molecule has 0 unspecified atom stereocenters. The Hall–Kier alpha value is -4.70. The molecule has 2 aromatic carbocycles. The van der Waals surface area contributed by atoms with Gasteiger partial charge in [-0.15, -0.1) is 0 Å². The summed E-state index contributed by atoms with van der Waals surface area (Å²) in [7, 11) is 0. The summed E-state index contributed by atoms with van der Waals surface area (Å²) in [6.45, 7) is 0. The van der Waals surface area contributed by atoms with Gasteiger partial charge in [0.1, 0.15) is 0 Å². The fourth-order valence-electron chi connectivity index (χ4n) is 6.48. The molecular formula is C35H28N4. The van der Waals surface area contributed by atoms with Crippen LogP contribution in [0.25, 0.3) is 45.3 Å². The number of benzene rings is 2. The molecule has 0 bridgehead atoms. The van der Waals surface area contributed by atoms with Crippen molar-refractivity contribution < 1.29 is 0 Å². The Morgan fingerprint density at radius 2 is 1.03 bits per heavy atom. The number of aromatic nitrogens is 4. The summed E-state index contributed by atoms with van der Waals surface area (Å²) in [6.07, 6.45) is 22.2. The molecule has 2 aliphatic rings. The van der Waals surface area contributed by atoms with Gasteiger partial charge in [0, 0.05) is 45.9 Å². The molecule has 0 saturated heterocycles. The third-order valence-electron chi connectivity index (χ3n) is 8.30. The summed E-state index contributed by atoms with van der Waals surface area (Å²) in [4.78, 5) is 8.86. The SMILES string of the molecule is C1=Cc2c(c3ccncc3n2-c2ccc(Cc3ccc(-n4c5c(c6ccncc64)CCC=C5)cc3)cc2)CC1. The zero-order chi connectivity index (χ0) is 25.8. The van der Waals surface area contributed by atoms with Crippen molar-refractivity contribution in [3.05, 3.63) is 131 Å². The molecule has 0 fully saturated rings. The quantitative estimate of drug-likeness (QED) is 0.245. The van der Waals surface area contributed by atoms with E-state index in [2.05, 4.69) is 104 Å². The van der Waals surface area contributed by atoms with Gasteiger partial charge < -0.3 is 9.13 Å². The Morgan fingerprint density at radius 3 is 1.49 bits per heavy atom. The molecule has 0 spiro atoms. The van der Waals surface area contributed by atoms with E-state index in [9.17, 15) is 0 Å². The number of allylic oxidation sites excluding steroid dienone is 2. The van der Waals surface area contributed by atoms with Crippen LogP contribution >= 0.6 is 0 Å². The first kappa shape index (κ1) is 22.3. The van der Waals surface area contributed by atoms with Crippen LogP contribution in [0.15, 0.2) is 97.6 Å². The minimum atomic E-state index is 0.901. The summed E-state index contributed by atoms with van der Waals surface area (Å²) in [5, 5.41) is 2.63. The first-order valence-electron chi connectivity index (χ1n) is 13.8. The van der Waals surface area contributed by atoms with Crippen LogP contribution in [0.2, 0.25) is 0 Å². The lowest BCUT2D eigenvalue weighted by molar-refractivity contribution is 0.966. The Morgan fingerprint density at radius 1 is 0.564 bits per heavy atom. The number of hydrogen-bond acceptors (Lipinski definition) is 2. The summed E-state index contributed by atoms with van der Waals surface area (Å²) in [5.74, 6) is 0. The molecule has 0 radical (unpaired) electrons. The van der Waals surface area contributed by atoms with Crippen LogP contribution in [0.1, 0.15) is 46.5 Å². The molecule has 39 heavy (non-hydrogen) atoms. The molecule has 0 amide bonds. The van der Waals surface area contributed by atoms with E-state index >= 15 is 0 Å². The highest BCUT2D eigenvalue weighted by molar-refractivity contribution is 5.91. The highest BCUT2D eigenvalue weighted by Gasteiger charge is 2.19. The molecule has 0 atom stereocenters. The predicted octanol–water partition coefficient (Wildman–Crippen LogP) is 7.87. The molecule has 2 aliphatic carbocycles. The van der Waals surface area contributed by atoms with Gasteiger partial charge in [0.25, 0.3) is 0 Å². The highest BCUT2D eigenvalue weighted by Crippen LogP contribution is 2.35. The predicted molar refractivity (Wildman–Crippen MR) is 160 cm³/mol. The molecule has 4 nitrogen and oxygen atoms in total. The summed E-state index contributed by atoms with van der Waals surface area (Å²) in [6, 6.07) is 22.3. The standard InChI is InChI=1S/C35H28N4/c1-3-7-32-28(5-1)30-17-19-36-22-34(30)38(32)26-13-9-24(10-14-26)21-25-11-15-27(16-12-25)39-33-8-4-2-6-29(33)31-18-20-37-23-35(31)39/h3-4,7-20,22-23H,1-2,5-6,21H2. The molecule has 188 valence electrons. The van der Waals surface area contributed by atoms with Gasteiger partial charge >= 0.3 is 0 Å². The van der Waals surface area contributed by atoms with Crippen molar-refractivity contribution in [1.82, 2.24) is 19.1 Å². The lowest BCUT2D eigenvalue weighted by Crippen LogP contribution is -2.01. The van der Waals surface area contributed by atoms with E-state index in [0.29, 0.717) is 0 Å². The topological polar surface area (TPSA) is 35.6 Å². The molecule has 0 aliphatic heterocycles. The average Bonchev–Trinajstić information content (AvgIpc) is 3.51. The van der Waals surface area contributed by atoms with E-state index < -0.39 is 0 Å². The van der Waals surface area contributed by atoms with Crippen molar-refractivity contribution in [2.45, 2.75) is 32.1 Å². The maximum atomic E-state index is 4.43. The van der Waals surface area contributed by atoms with Gasteiger partial charge in [-0.25, -0.2) is 0 Å². The van der Waals surface area contributed by atoms with Crippen LogP contribution in [-0.2, 0) is 19.3 Å². The zero-order valence-corrected chi connectivity index (χ0v) is 21.7. The number of fused-ring (bicyclic) bond motifs is 6. The van der Waals surface area contributed by atoms with Gasteiger partial charge in [-0.3, -0.25) is 9.97 Å². The molecule has 4 aromatic heterocycles. The summed E-state index contributed by atoms with van der Waals surface area (Å²) in [5.41, 5.74) is 12.8. The van der Waals surface area contributed by atoms with Crippen molar-refractivity contribution in [2.24, 2.45) is 0 Å². The van der Waals surface area contributed by atoms with E-state index in [4.69, 9.17) is 0 Å². The minimum Gasteiger partial charge on any atom is -0.308 e. The van der Waals surface area contributed by atoms with Crippen molar-refractivity contribution >= 4 is 34.0 Å². The number of pyridine rings is 2. The Kier molecular flexibility index (Phi) is 5.12. The van der Waals surface area contributed by atoms with Crippen LogP contribution < -0.4 is 0 Å². The van der Waals surface area contributed by atoms with E-state index in [1.807, 2.05) is 24.8 Å². The van der Waals surface area contributed by atoms with Crippen molar-refractivity contribution in [3.63, 3.8) is 0 Å². The van der Waals surface area contributed by atoms with Crippen LogP contribution in [0, 0.1) is 0 Å². The number of aryl methyl sites for hydroxylation is 2. The van der Waals surface area contributed by atoms with Crippen molar-refractivity contribution in [3.8, 4) is 11.4 Å². The van der Waals surface area contributed by atoms with Gasteiger partial charge in [0.15, 0.2) is 0 Å². The Balaban J connectivity index is 1.10. The molecule has 4 heterocycles. The lowest BCUT2D eigenvalue weighted by atomic mass is 10.0. The molecule has 0 saturated carbocycles. The van der Waals surface area contributed by atoms with Gasteiger partial charge in [-0.1, -0.05) is 36.4 Å². The molecule has 8 rings (SSSR count). The first-order chi connectivity index (χ1) is 19.3. The largest absolute Gasteiger partial charge is 0.308 e. The second kappa shape index (κ2) is 8.95. The third-order valence-corrected chi connectivity index (χ3v) is 8.30. The van der Waals surface area contributed by atoms with Crippen LogP contribution in [0.5, 0.6) is 0 Å². The molecular weight excluding hydrogens is 476 g/mol. The maximum absolute atomic E-state index is 4.43. The smallest absolute Gasteiger partial charge is 0.0721 e.